The molecule has 0 atom stereocenters. The lowest BCUT2D eigenvalue weighted by Crippen LogP contribution is -2.27. The minimum Gasteiger partial charge on any atom is -0.491 e. The number of rotatable bonds is 7. The van der Waals surface area contributed by atoms with Crippen molar-refractivity contribution in [2.24, 2.45) is 0 Å². The second kappa shape index (κ2) is 8.23. The quantitative estimate of drug-likeness (QED) is 0.775. The summed E-state index contributed by atoms with van der Waals surface area (Å²) in [5, 5.41) is 2.62. The van der Waals surface area contributed by atoms with Crippen LogP contribution in [0, 0.1) is 13.8 Å². The van der Waals surface area contributed by atoms with Gasteiger partial charge < -0.3 is 10.1 Å². The average Bonchev–Trinajstić information content (AvgIpc) is 2.46. The third kappa shape index (κ3) is 6.40. The summed E-state index contributed by atoms with van der Waals surface area (Å²) in [7, 11) is -3.81. The highest BCUT2D eigenvalue weighted by atomic mass is 32.2. The number of anilines is 2. The second-order valence-electron chi connectivity index (χ2n) is 6.48. The lowest BCUT2D eigenvalue weighted by molar-refractivity contribution is -0.113. The van der Waals surface area contributed by atoms with Crippen LogP contribution >= 0.6 is 0 Å². The zero-order valence-electron chi connectivity index (χ0n) is 15.4. The molecule has 1 amide bonds. The fourth-order valence-electron chi connectivity index (χ4n) is 2.51. The predicted molar refractivity (Wildman–Crippen MR) is 104 cm³/mol. The first kappa shape index (κ1) is 19.8. The van der Waals surface area contributed by atoms with Crippen LogP contribution in [0.1, 0.15) is 25.0 Å². The Hall–Kier alpha value is -2.54. The van der Waals surface area contributed by atoms with Crippen molar-refractivity contribution < 1.29 is 17.9 Å². The highest BCUT2D eigenvalue weighted by molar-refractivity contribution is 7.93. The molecule has 2 rings (SSSR count). The van der Waals surface area contributed by atoms with E-state index in [1.165, 1.54) is 0 Å². The molecule has 0 aromatic heterocycles. The molecular weight excluding hydrogens is 352 g/mol. The van der Waals surface area contributed by atoms with E-state index in [1.54, 1.807) is 36.4 Å². The Morgan fingerprint density at radius 1 is 1.00 bits per heavy atom. The van der Waals surface area contributed by atoms with Gasteiger partial charge in [-0.15, -0.1) is 0 Å². The Morgan fingerprint density at radius 2 is 1.58 bits per heavy atom. The summed E-state index contributed by atoms with van der Waals surface area (Å²) in [6, 6.07) is 12.1. The molecule has 0 radical (unpaired) electrons. The molecule has 0 spiro atoms. The van der Waals surface area contributed by atoms with Crippen molar-refractivity contribution in [2.75, 3.05) is 15.8 Å². The Bertz CT molecular complexity index is 855. The van der Waals surface area contributed by atoms with Crippen molar-refractivity contribution in [3.8, 4) is 5.75 Å². The molecule has 0 heterocycles. The molecule has 0 saturated heterocycles. The van der Waals surface area contributed by atoms with Crippen LogP contribution < -0.4 is 14.8 Å². The molecule has 0 aliphatic rings. The van der Waals surface area contributed by atoms with Gasteiger partial charge in [-0.3, -0.25) is 9.52 Å². The smallest absolute Gasteiger partial charge is 0.241 e. The van der Waals surface area contributed by atoms with Crippen molar-refractivity contribution in [1.29, 1.82) is 0 Å². The SMILES string of the molecule is Cc1cc(C)cc(NC(=O)CS(=O)(=O)Nc2ccc(OC(C)C)cc2)c1. The van der Waals surface area contributed by atoms with Gasteiger partial charge in [-0.1, -0.05) is 6.07 Å². The maximum absolute atomic E-state index is 12.2. The third-order valence-electron chi connectivity index (χ3n) is 3.33. The van der Waals surface area contributed by atoms with Gasteiger partial charge in [0, 0.05) is 11.4 Å². The number of amides is 1. The Labute approximate surface area is 154 Å². The Morgan fingerprint density at radius 3 is 2.12 bits per heavy atom. The maximum atomic E-state index is 12.2. The van der Waals surface area contributed by atoms with E-state index in [-0.39, 0.29) is 6.10 Å². The topological polar surface area (TPSA) is 84.5 Å². The number of nitrogens with one attached hydrogen (secondary N) is 2. The van der Waals surface area contributed by atoms with Crippen molar-refractivity contribution in [3.05, 3.63) is 53.6 Å². The van der Waals surface area contributed by atoms with E-state index in [0.717, 1.165) is 11.1 Å². The Kier molecular flexibility index (Phi) is 6.26. The van der Waals surface area contributed by atoms with Crippen LogP contribution in [-0.4, -0.2) is 26.2 Å². The van der Waals surface area contributed by atoms with Gasteiger partial charge in [0.05, 0.1) is 6.10 Å². The van der Waals surface area contributed by atoms with Gasteiger partial charge in [-0.05, 0) is 75.2 Å². The number of carbonyl (C=O) groups excluding carboxylic acids is 1. The lowest BCUT2D eigenvalue weighted by atomic mass is 10.1. The number of carbonyl (C=O) groups is 1. The summed E-state index contributed by atoms with van der Waals surface area (Å²) in [5.41, 5.74) is 2.94. The molecular formula is C19H24N2O4S. The van der Waals surface area contributed by atoms with Crippen LogP contribution in [0.4, 0.5) is 11.4 Å². The van der Waals surface area contributed by atoms with Gasteiger partial charge in [-0.2, -0.15) is 0 Å². The van der Waals surface area contributed by atoms with Crippen LogP contribution in [-0.2, 0) is 14.8 Å². The molecule has 6 nitrogen and oxygen atoms in total. The second-order valence-corrected chi connectivity index (χ2v) is 8.20. The first-order valence-corrected chi connectivity index (χ1v) is 9.93. The predicted octanol–water partition coefficient (Wildman–Crippen LogP) is 3.47. The molecule has 0 bridgehead atoms. The minimum absolute atomic E-state index is 0.0338. The summed E-state index contributed by atoms with van der Waals surface area (Å²) in [6.45, 7) is 7.64. The zero-order valence-corrected chi connectivity index (χ0v) is 16.2. The highest BCUT2D eigenvalue weighted by Crippen LogP contribution is 2.18. The van der Waals surface area contributed by atoms with E-state index in [0.29, 0.717) is 17.1 Å². The molecule has 140 valence electrons. The van der Waals surface area contributed by atoms with Gasteiger partial charge in [0.25, 0.3) is 0 Å². The van der Waals surface area contributed by atoms with Crippen molar-refractivity contribution in [3.63, 3.8) is 0 Å². The molecule has 2 N–H and O–H groups in total. The summed E-state index contributed by atoms with van der Waals surface area (Å²) in [6.07, 6.45) is 0.0338. The monoisotopic (exact) mass is 376 g/mol. The van der Waals surface area contributed by atoms with Gasteiger partial charge in [0.2, 0.25) is 15.9 Å². The van der Waals surface area contributed by atoms with Crippen molar-refractivity contribution in [1.82, 2.24) is 0 Å². The molecule has 0 aliphatic heterocycles. The number of aryl methyl sites for hydroxylation is 2. The van der Waals surface area contributed by atoms with Crippen LogP contribution in [0.15, 0.2) is 42.5 Å². The average molecular weight is 376 g/mol. The van der Waals surface area contributed by atoms with Gasteiger partial charge in [0.15, 0.2) is 0 Å². The van der Waals surface area contributed by atoms with E-state index < -0.39 is 21.7 Å². The van der Waals surface area contributed by atoms with E-state index in [2.05, 4.69) is 10.0 Å². The van der Waals surface area contributed by atoms with Crippen LogP contribution in [0.25, 0.3) is 0 Å². The van der Waals surface area contributed by atoms with E-state index in [1.807, 2.05) is 33.8 Å². The summed E-state index contributed by atoms with van der Waals surface area (Å²) in [4.78, 5) is 12.1. The largest absolute Gasteiger partial charge is 0.491 e. The van der Waals surface area contributed by atoms with Gasteiger partial charge in [-0.25, -0.2) is 8.42 Å². The van der Waals surface area contributed by atoms with Crippen LogP contribution in [0.5, 0.6) is 5.75 Å². The summed E-state index contributed by atoms with van der Waals surface area (Å²) in [5.74, 6) is -0.609. The zero-order chi connectivity index (χ0) is 19.3. The van der Waals surface area contributed by atoms with Gasteiger partial charge in [0.1, 0.15) is 11.5 Å². The standard InChI is InChI=1S/C19H24N2O4S/c1-13(2)25-18-7-5-16(6-8-18)21-26(23,24)12-19(22)20-17-10-14(3)9-15(4)11-17/h5-11,13,21H,12H2,1-4H3,(H,20,22). The van der Waals surface area contributed by atoms with E-state index >= 15 is 0 Å². The van der Waals surface area contributed by atoms with Crippen molar-refractivity contribution >= 4 is 27.3 Å². The first-order chi connectivity index (χ1) is 12.1. The normalized spacial score (nSPS) is 11.3. The molecule has 26 heavy (non-hydrogen) atoms. The van der Waals surface area contributed by atoms with Crippen LogP contribution in [0.3, 0.4) is 0 Å². The molecule has 0 aliphatic carbocycles. The number of hydrogen-bond donors (Lipinski definition) is 2. The highest BCUT2D eigenvalue weighted by Gasteiger charge is 2.17. The molecule has 2 aromatic rings. The van der Waals surface area contributed by atoms with E-state index in [4.69, 9.17) is 4.74 Å². The fraction of sp³-hybridized carbons (Fsp3) is 0.316. The minimum atomic E-state index is -3.81. The van der Waals surface area contributed by atoms with E-state index in [9.17, 15) is 13.2 Å². The molecule has 2 aromatic carbocycles. The fourth-order valence-corrected chi connectivity index (χ4v) is 3.49. The van der Waals surface area contributed by atoms with Crippen LogP contribution in [0.2, 0.25) is 0 Å². The number of benzene rings is 2. The van der Waals surface area contributed by atoms with Gasteiger partial charge >= 0.3 is 0 Å². The number of ether oxygens (including phenoxy) is 1. The Balaban J connectivity index is 1.98. The molecule has 0 fully saturated rings. The summed E-state index contributed by atoms with van der Waals surface area (Å²) < 4.78 is 32.3. The summed E-state index contributed by atoms with van der Waals surface area (Å²) >= 11 is 0. The maximum Gasteiger partial charge on any atom is 0.241 e. The molecule has 7 heteroatoms. The van der Waals surface area contributed by atoms with Crippen molar-refractivity contribution in [2.45, 2.75) is 33.8 Å². The molecule has 0 unspecified atom stereocenters. The lowest BCUT2D eigenvalue weighted by Gasteiger charge is -2.12. The number of hydrogen-bond acceptors (Lipinski definition) is 4. The molecule has 0 saturated carbocycles. The first-order valence-electron chi connectivity index (χ1n) is 8.28. The number of sulfonamides is 1. The third-order valence-corrected chi connectivity index (χ3v) is 4.51.